The molecule has 1 aromatic heterocycles. The molecular weight excluding hydrogens is 284 g/mol. The monoisotopic (exact) mass is 296 g/mol. The average Bonchev–Trinajstić information content (AvgIpc) is 2.85. The van der Waals surface area contributed by atoms with Crippen molar-refractivity contribution >= 4 is 34.3 Å². The molecule has 0 atom stereocenters. The van der Waals surface area contributed by atoms with Crippen LogP contribution >= 0.6 is 23.5 Å². The number of aromatic nitrogens is 2. The van der Waals surface area contributed by atoms with Crippen molar-refractivity contribution in [1.82, 2.24) is 10.2 Å². The fraction of sp³-hybridized carbons (Fsp3) is 0.125. The van der Waals surface area contributed by atoms with Crippen molar-refractivity contribution in [3.8, 4) is 22.3 Å². The first-order chi connectivity index (χ1) is 9.85. The van der Waals surface area contributed by atoms with Gasteiger partial charge in [0.2, 0.25) is 0 Å². The first-order valence-electron chi connectivity index (χ1n) is 6.36. The number of fused-ring (bicyclic) bond motifs is 3. The first kappa shape index (κ1) is 12.2. The molecule has 3 aromatic rings. The van der Waals surface area contributed by atoms with Gasteiger partial charge in [0.1, 0.15) is 10.1 Å². The Hall–Kier alpha value is -1.52. The van der Waals surface area contributed by atoms with Crippen LogP contribution in [0.5, 0.6) is 0 Å². The zero-order valence-corrected chi connectivity index (χ0v) is 12.8. The maximum Gasteiger partial charge on any atom is 0.127 e. The van der Waals surface area contributed by atoms with Crippen molar-refractivity contribution in [2.24, 2.45) is 0 Å². The van der Waals surface area contributed by atoms with Crippen molar-refractivity contribution in [3.05, 3.63) is 36.4 Å². The largest absolute Gasteiger partial charge is 0.142 e. The summed E-state index contributed by atoms with van der Waals surface area (Å²) in [5.74, 6) is 0. The summed E-state index contributed by atoms with van der Waals surface area (Å²) in [6.45, 7) is 0. The van der Waals surface area contributed by atoms with Crippen LogP contribution in [0.3, 0.4) is 0 Å². The summed E-state index contributed by atoms with van der Waals surface area (Å²) in [6, 6.07) is 13.0. The molecule has 2 nitrogen and oxygen atoms in total. The Morgan fingerprint density at radius 3 is 1.70 bits per heavy atom. The maximum absolute atomic E-state index is 4.40. The van der Waals surface area contributed by atoms with Crippen LogP contribution in [0.2, 0.25) is 0 Å². The molecule has 0 N–H and O–H groups in total. The SMILES string of the molecule is CSc1nnc(SC)c2c1-c1cccc3cccc-2c13. The van der Waals surface area contributed by atoms with Gasteiger partial charge in [-0.2, -0.15) is 0 Å². The number of thioether (sulfide) groups is 2. The Bertz CT molecular complexity index is 777. The third kappa shape index (κ3) is 1.49. The molecule has 0 radical (unpaired) electrons. The van der Waals surface area contributed by atoms with E-state index in [1.807, 2.05) is 0 Å². The van der Waals surface area contributed by atoms with Gasteiger partial charge in [0.05, 0.1) is 0 Å². The summed E-state index contributed by atoms with van der Waals surface area (Å²) in [7, 11) is 0. The van der Waals surface area contributed by atoms with Crippen molar-refractivity contribution in [2.75, 3.05) is 12.5 Å². The van der Waals surface area contributed by atoms with Crippen LogP contribution in [0.1, 0.15) is 0 Å². The van der Waals surface area contributed by atoms with Gasteiger partial charge in [-0.05, 0) is 34.4 Å². The summed E-state index contributed by atoms with van der Waals surface area (Å²) in [5.41, 5.74) is 5.10. The number of hydrogen-bond donors (Lipinski definition) is 0. The minimum Gasteiger partial charge on any atom is -0.142 e. The highest BCUT2D eigenvalue weighted by Gasteiger charge is 2.27. The van der Waals surface area contributed by atoms with E-state index in [1.54, 1.807) is 23.5 Å². The predicted octanol–water partition coefficient (Wildman–Crippen LogP) is 4.72. The minimum atomic E-state index is 1.02. The van der Waals surface area contributed by atoms with Gasteiger partial charge < -0.3 is 0 Å². The summed E-state index contributed by atoms with van der Waals surface area (Å²) in [4.78, 5) is 0. The van der Waals surface area contributed by atoms with Crippen molar-refractivity contribution < 1.29 is 0 Å². The molecule has 20 heavy (non-hydrogen) atoms. The second kappa shape index (κ2) is 4.50. The van der Waals surface area contributed by atoms with E-state index in [4.69, 9.17) is 0 Å². The molecule has 98 valence electrons. The van der Waals surface area contributed by atoms with Crippen LogP contribution in [-0.4, -0.2) is 22.7 Å². The second-order valence-electron chi connectivity index (χ2n) is 4.68. The molecule has 0 amide bonds. The fourth-order valence-corrected chi connectivity index (χ4v) is 4.03. The summed E-state index contributed by atoms with van der Waals surface area (Å²) >= 11 is 3.33. The van der Waals surface area contributed by atoms with Crippen molar-refractivity contribution in [2.45, 2.75) is 10.1 Å². The zero-order chi connectivity index (χ0) is 13.7. The molecular formula is C16H12N2S2. The highest BCUT2D eigenvalue weighted by Crippen LogP contribution is 2.51. The lowest BCUT2D eigenvalue weighted by Gasteiger charge is -2.08. The minimum absolute atomic E-state index is 1.02. The molecule has 0 aliphatic heterocycles. The highest BCUT2D eigenvalue weighted by atomic mass is 32.2. The number of hydrogen-bond acceptors (Lipinski definition) is 4. The zero-order valence-electron chi connectivity index (χ0n) is 11.2. The first-order valence-corrected chi connectivity index (χ1v) is 8.81. The predicted molar refractivity (Wildman–Crippen MR) is 87.5 cm³/mol. The van der Waals surface area contributed by atoms with Gasteiger partial charge in [0, 0.05) is 11.1 Å². The molecule has 1 aliphatic rings. The smallest absolute Gasteiger partial charge is 0.127 e. The van der Waals surface area contributed by atoms with Gasteiger partial charge in [-0.3, -0.25) is 0 Å². The van der Waals surface area contributed by atoms with Gasteiger partial charge in [-0.25, -0.2) is 0 Å². The molecule has 2 aromatic carbocycles. The van der Waals surface area contributed by atoms with Gasteiger partial charge in [-0.15, -0.1) is 33.7 Å². The normalized spacial score (nSPS) is 11.9. The number of benzene rings is 2. The molecule has 4 heteroatoms. The van der Waals surface area contributed by atoms with Crippen LogP contribution in [0.4, 0.5) is 0 Å². The number of rotatable bonds is 2. The van der Waals surface area contributed by atoms with Crippen LogP contribution in [0.25, 0.3) is 33.0 Å². The van der Waals surface area contributed by atoms with E-state index >= 15 is 0 Å². The van der Waals surface area contributed by atoms with Crippen LogP contribution < -0.4 is 0 Å². The molecule has 0 bridgehead atoms. The van der Waals surface area contributed by atoms with Crippen LogP contribution in [0, 0.1) is 0 Å². The third-order valence-corrected chi connectivity index (χ3v) is 5.08. The standard InChI is InChI=1S/C16H12N2S2/c1-19-15-13-10-7-3-5-9-6-4-8-11(12(9)10)14(13)16(20-2)18-17-15/h3-8H,1-2H3. The maximum atomic E-state index is 4.40. The topological polar surface area (TPSA) is 25.8 Å². The Kier molecular flexibility index (Phi) is 2.75. The van der Waals surface area contributed by atoms with Gasteiger partial charge >= 0.3 is 0 Å². The Morgan fingerprint density at radius 2 is 1.25 bits per heavy atom. The fourth-order valence-electron chi connectivity index (χ4n) is 2.95. The lowest BCUT2D eigenvalue weighted by Crippen LogP contribution is -1.94. The lowest BCUT2D eigenvalue weighted by atomic mass is 10.0. The molecule has 0 spiro atoms. The molecule has 0 saturated heterocycles. The van der Waals surface area contributed by atoms with E-state index in [-0.39, 0.29) is 0 Å². The van der Waals surface area contributed by atoms with E-state index in [9.17, 15) is 0 Å². The quantitative estimate of drug-likeness (QED) is 0.500. The van der Waals surface area contributed by atoms with Gasteiger partial charge in [0.15, 0.2) is 0 Å². The molecule has 0 fully saturated rings. The van der Waals surface area contributed by atoms with E-state index < -0.39 is 0 Å². The molecule has 1 aliphatic carbocycles. The van der Waals surface area contributed by atoms with Gasteiger partial charge in [0.25, 0.3) is 0 Å². The third-order valence-electron chi connectivity index (χ3n) is 3.74. The average molecular weight is 296 g/mol. The summed E-state index contributed by atoms with van der Waals surface area (Å²) < 4.78 is 0. The Labute approximate surface area is 126 Å². The van der Waals surface area contributed by atoms with E-state index in [0.717, 1.165) is 10.1 Å². The summed E-state index contributed by atoms with van der Waals surface area (Å²) in [6.07, 6.45) is 4.12. The van der Waals surface area contributed by atoms with E-state index in [2.05, 4.69) is 59.1 Å². The second-order valence-corrected chi connectivity index (χ2v) is 6.27. The van der Waals surface area contributed by atoms with E-state index in [1.165, 1.54) is 33.0 Å². The molecule has 1 heterocycles. The van der Waals surface area contributed by atoms with Gasteiger partial charge in [-0.1, -0.05) is 36.4 Å². The van der Waals surface area contributed by atoms with Crippen LogP contribution in [-0.2, 0) is 0 Å². The highest BCUT2D eigenvalue weighted by molar-refractivity contribution is 7.99. The van der Waals surface area contributed by atoms with Crippen molar-refractivity contribution in [1.29, 1.82) is 0 Å². The van der Waals surface area contributed by atoms with E-state index in [0.29, 0.717) is 0 Å². The number of nitrogens with zero attached hydrogens (tertiary/aromatic N) is 2. The molecule has 4 rings (SSSR count). The lowest BCUT2D eigenvalue weighted by molar-refractivity contribution is 0.868. The summed E-state index contributed by atoms with van der Waals surface area (Å²) in [5, 5.41) is 13.5. The Balaban J connectivity index is 2.23. The molecule has 0 unspecified atom stereocenters. The molecule has 0 saturated carbocycles. The van der Waals surface area contributed by atoms with Crippen molar-refractivity contribution in [3.63, 3.8) is 0 Å². The van der Waals surface area contributed by atoms with Crippen LogP contribution in [0.15, 0.2) is 46.5 Å². The Morgan fingerprint density at radius 1 is 0.750 bits per heavy atom.